The molecule has 1 aliphatic rings. The van der Waals surface area contributed by atoms with Gasteiger partial charge in [0.1, 0.15) is 12.3 Å². The molecule has 0 radical (unpaired) electrons. The number of nitrogens with zero attached hydrogens (tertiary/aromatic N) is 3. The van der Waals surface area contributed by atoms with E-state index in [0.29, 0.717) is 18.3 Å². The van der Waals surface area contributed by atoms with Gasteiger partial charge >= 0.3 is 0 Å². The van der Waals surface area contributed by atoms with Crippen LogP contribution in [0.25, 0.3) is 11.4 Å². The van der Waals surface area contributed by atoms with E-state index >= 15 is 0 Å². The molecule has 6 nitrogen and oxygen atoms in total. The molecule has 1 amide bonds. The summed E-state index contributed by atoms with van der Waals surface area (Å²) in [5.41, 5.74) is 0.851. The molecule has 0 saturated heterocycles. The van der Waals surface area contributed by atoms with Crippen molar-refractivity contribution in [1.29, 1.82) is 0 Å². The number of aromatic nitrogens is 2. The topological polar surface area (TPSA) is 68.5 Å². The Balaban J connectivity index is 1.54. The van der Waals surface area contributed by atoms with E-state index < -0.39 is 0 Å². The van der Waals surface area contributed by atoms with Gasteiger partial charge in [0.05, 0.1) is 12.0 Å². The summed E-state index contributed by atoms with van der Waals surface area (Å²) in [6.07, 6.45) is 5.59. The molecule has 3 aromatic rings. The highest BCUT2D eigenvalue weighted by atomic mass is 32.1. The molecule has 0 atom stereocenters. The molecule has 1 saturated carbocycles. The fourth-order valence-corrected chi connectivity index (χ4v) is 4.30. The summed E-state index contributed by atoms with van der Waals surface area (Å²) in [6, 6.07) is 11.5. The molecule has 0 aliphatic heterocycles. The van der Waals surface area contributed by atoms with Crippen molar-refractivity contribution < 1.29 is 14.1 Å². The minimum absolute atomic E-state index is 0.0473. The Kier molecular flexibility index (Phi) is 5.71. The summed E-state index contributed by atoms with van der Waals surface area (Å²) in [5.74, 6) is 1.80. The maximum atomic E-state index is 13.1. The molecular formula is C21H23N3O3S. The maximum Gasteiger partial charge on any atom is 0.264 e. The van der Waals surface area contributed by atoms with Gasteiger partial charge in [-0.15, -0.1) is 11.3 Å². The van der Waals surface area contributed by atoms with E-state index in [9.17, 15) is 4.79 Å². The monoisotopic (exact) mass is 397 g/mol. The lowest BCUT2D eigenvalue weighted by Gasteiger charge is -2.33. The molecule has 0 spiro atoms. The normalized spacial score (nSPS) is 14.8. The number of carbonyl (C=O) groups is 1. The van der Waals surface area contributed by atoms with Crippen LogP contribution in [-0.4, -0.2) is 34.1 Å². The number of hydrogen-bond acceptors (Lipinski definition) is 6. The summed E-state index contributed by atoms with van der Waals surface area (Å²) in [6.45, 7) is 0.338. The summed E-state index contributed by atoms with van der Waals surface area (Å²) < 4.78 is 10.7. The van der Waals surface area contributed by atoms with Crippen molar-refractivity contribution in [2.45, 2.75) is 44.7 Å². The maximum absolute atomic E-state index is 13.1. The van der Waals surface area contributed by atoms with Crippen LogP contribution in [-0.2, 0) is 6.54 Å². The van der Waals surface area contributed by atoms with Gasteiger partial charge in [0.15, 0.2) is 0 Å². The number of hydrogen-bond donors (Lipinski definition) is 0. The van der Waals surface area contributed by atoms with Gasteiger partial charge in [-0.1, -0.05) is 30.5 Å². The van der Waals surface area contributed by atoms with Crippen LogP contribution in [0.1, 0.15) is 47.7 Å². The Hall–Kier alpha value is -2.67. The summed E-state index contributed by atoms with van der Waals surface area (Å²) in [4.78, 5) is 20.3. The first-order chi connectivity index (χ1) is 13.7. The first-order valence-electron chi connectivity index (χ1n) is 9.56. The number of methoxy groups -OCH3 is 1. The highest BCUT2D eigenvalue weighted by molar-refractivity contribution is 7.12. The van der Waals surface area contributed by atoms with E-state index in [0.717, 1.165) is 41.9 Å². The molecule has 28 heavy (non-hydrogen) atoms. The molecule has 1 aromatic carbocycles. The molecule has 146 valence electrons. The molecule has 1 fully saturated rings. The van der Waals surface area contributed by atoms with E-state index in [4.69, 9.17) is 9.26 Å². The van der Waals surface area contributed by atoms with Gasteiger partial charge in [0.25, 0.3) is 5.91 Å². The van der Waals surface area contributed by atoms with Crippen molar-refractivity contribution in [2.24, 2.45) is 0 Å². The summed E-state index contributed by atoms with van der Waals surface area (Å²) >= 11 is 1.47. The average Bonchev–Trinajstić information content (AvgIpc) is 3.45. The molecular weight excluding hydrogens is 374 g/mol. The lowest BCUT2D eigenvalue weighted by molar-refractivity contribution is 0.0591. The predicted octanol–water partition coefficient (Wildman–Crippen LogP) is 4.78. The number of amides is 1. The molecule has 2 heterocycles. The van der Waals surface area contributed by atoms with E-state index in [1.54, 1.807) is 7.11 Å². The van der Waals surface area contributed by atoms with Crippen molar-refractivity contribution in [1.82, 2.24) is 15.0 Å². The summed E-state index contributed by atoms with van der Waals surface area (Å²) in [5, 5.41) is 6.03. The lowest BCUT2D eigenvalue weighted by Crippen LogP contribution is -2.40. The second-order valence-electron chi connectivity index (χ2n) is 6.94. The fraction of sp³-hybridized carbons (Fsp3) is 0.381. The first kappa shape index (κ1) is 18.7. The van der Waals surface area contributed by atoms with Crippen molar-refractivity contribution in [3.63, 3.8) is 0 Å². The lowest BCUT2D eigenvalue weighted by atomic mass is 9.94. The van der Waals surface area contributed by atoms with Crippen molar-refractivity contribution in [2.75, 3.05) is 7.11 Å². The Labute approximate surface area is 168 Å². The quantitative estimate of drug-likeness (QED) is 0.599. The molecule has 7 heteroatoms. The SMILES string of the molecule is COc1ccc(-c2noc(CN(C(=O)c3cccs3)C3CCCCC3)n2)cc1. The van der Waals surface area contributed by atoms with Gasteiger partial charge in [-0.2, -0.15) is 4.98 Å². The van der Waals surface area contributed by atoms with Crippen molar-refractivity contribution in [3.05, 3.63) is 52.5 Å². The fourth-order valence-electron chi connectivity index (χ4n) is 3.62. The zero-order valence-corrected chi connectivity index (χ0v) is 16.7. The Morgan fingerprint density at radius 1 is 1.21 bits per heavy atom. The summed E-state index contributed by atoms with van der Waals surface area (Å²) in [7, 11) is 1.63. The Bertz CT molecular complexity index is 899. The second-order valence-corrected chi connectivity index (χ2v) is 7.89. The van der Waals surface area contributed by atoms with Gasteiger partial charge < -0.3 is 14.2 Å². The highest BCUT2D eigenvalue weighted by Crippen LogP contribution is 2.27. The van der Waals surface area contributed by atoms with Crippen LogP contribution in [0.2, 0.25) is 0 Å². The van der Waals surface area contributed by atoms with Crippen LogP contribution >= 0.6 is 11.3 Å². The third kappa shape index (κ3) is 4.09. The van der Waals surface area contributed by atoms with Gasteiger partial charge in [-0.25, -0.2) is 0 Å². The number of carbonyl (C=O) groups excluding carboxylic acids is 1. The highest BCUT2D eigenvalue weighted by Gasteiger charge is 2.28. The third-order valence-corrected chi connectivity index (χ3v) is 5.99. The predicted molar refractivity (Wildman–Crippen MR) is 107 cm³/mol. The van der Waals surface area contributed by atoms with E-state index in [2.05, 4.69) is 10.1 Å². The third-order valence-electron chi connectivity index (χ3n) is 5.13. The molecule has 0 N–H and O–H groups in total. The van der Waals surface area contributed by atoms with Gasteiger partial charge in [-0.05, 0) is 48.6 Å². The number of ether oxygens (including phenoxy) is 1. The number of thiophene rings is 1. The standard InChI is InChI=1S/C21H23N3O3S/c1-26-17-11-9-15(10-12-17)20-22-19(27-23-20)14-24(16-6-3-2-4-7-16)21(25)18-8-5-13-28-18/h5,8-13,16H,2-4,6-7,14H2,1H3. The van der Waals surface area contributed by atoms with Crippen LogP contribution in [0, 0.1) is 0 Å². The van der Waals surface area contributed by atoms with Crippen LogP contribution in [0.4, 0.5) is 0 Å². The van der Waals surface area contributed by atoms with Gasteiger partial charge in [-0.3, -0.25) is 4.79 Å². The average molecular weight is 398 g/mol. The van der Waals surface area contributed by atoms with E-state index in [1.807, 2.05) is 46.7 Å². The molecule has 0 unspecified atom stereocenters. The van der Waals surface area contributed by atoms with Gasteiger partial charge in [0.2, 0.25) is 11.7 Å². The van der Waals surface area contributed by atoms with Crippen LogP contribution in [0.15, 0.2) is 46.3 Å². The van der Waals surface area contributed by atoms with Gasteiger partial charge in [0, 0.05) is 11.6 Å². The molecule has 4 rings (SSSR count). The molecule has 0 bridgehead atoms. The molecule has 1 aliphatic carbocycles. The zero-order chi connectivity index (χ0) is 19.3. The van der Waals surface area contributed by atoms with Crippen molar-refractivity contribution >= 4 is 17.2 Å². The number of benzene rings is 1. The Morgan fingerprint density at radius 3 is 2.68 bits per heavy atom. The second kappa shape index (κ2) is 8.56. The first-order valence-corrected chi connectivity index (χ1v) is 10.4. The molecule has 2 aromatic heterocycles. The van der Waals surface area contributed by atoms with Crippen LogP contribution in [0.5, 0.6) is 5.75 Å². The minimum Gasteiger partial charge on any atom is -0.497 e. The largest absolute Gasteiger partial charge is 0.497 e. The Morgan fingerprint density at radius 2 is 2.00 bits per heavy atom. The van der Waals surface area contributed by atoms with E-state index in [-0.39, 0.29) is 11.9 Å². The minimum atomic E-state index is 0.0473. The van der Waals surface area contributed by atoms with Crippen LogP contribution < -0.4 is 4.74 Å². The van der Waals surface area contributed by atoms with Crippen molar-refractivity contribution in [3.8, 4) is 17.1 Å². The number of rotatable bonds is 6. The zero-order valence-electron chi connectivity index (χ0n) is 15.8. The van der Waals surface area contributed by atoms with Crippen LogP contribution in [0.3, 0.4) is 0 Å². The van der Waals surface area contributed by atoms with E-state index in [1.165, 1.54) is 17.8 Å². The smallest absolute Gasteiger partial charge is 0.264 e.